The molecule has 3 atom stereocenters. The lowest BCUT2D eigenvalue weighted by Gasteiger charge is -2.22. The standard InChI is InChI=1S/C15H15N5O/c16-4-10-3-12-5-17-14(9-20(12)6-10)15(21)18-13-8-19-2-1-11(13)7-19/h3,5-6,9,11,13H,1-2,7-8H2,(H,18,21)/t11-,13?/m0/s1. The van der Waals surface area contributed by atoms with Crippen LogP contribution in [0, 0.1) is 17.2 Å². The van der Waals surface area contributed by atoms with Crippen LogP contribution in [0.15, 0.2) is 24.7 Å². The van der Waals surface area contributed by atoms with Crippen LogP contribution in [0.25, 0.3) is 5.52 Å². The van der Waals surface area contributed by atoms with Crippen molar-refractivity contribution in [1.29, 1.82) is 5.26 Å². The monoisotopic (exact) mass is 281 g/mol. The van der Waals surface area contributed by atoms with Gasteiger partial charge in [0.05, 0.1) is 17.3 Å². The number of piperidine rings is 1. The third kappa shape index (κ3) is 2.06. The minimum Gasteiger partial charge on any atom is -0.346 e. The summed E-state index contributed by atoms with van der Waals surface area (Å²) < 4.78 is 1.77. The molecule has 4 heterocycles. The Hall–Kier alpha value is -2.39. The van der Waals surface area contributed by atoms with Gasteiger partial charge < -0.3 is 14.6 Å². The van der Waals surface area contributed by atoms with Crippen LogP contribution in [0.4, 0.5) is 0 Å². The predicted molar refractivity (Wildman–Crippen MR) is 75.7 cm³/mol. The van der Waals surface area contributed by atoms with Crippen molar-refractivity contribution in [2.45, 2.75) is 12.5 Å². The number of hydrogen-bond donors (Lipinski definition) is 1. The lowest BCUT2D eigenvalue weighted by atomic mass is 10.00. The lowest BCUT2D eigenvalue weighted by molar-refractivity contribution is 0.0919. The van der Waals surface area contributed by atoms with Gasteiger partial charge in [-0.15, -0.1) is 0 Å². The number of hydrogen-bond acceptors (Lipinski definition) is 4. The van der Waals surface area contributed by atoms with Gasteiger partial charge in [-0.05, 0) is 24.9 Å². The summed E-state index contributed by atoms with van der Waals surface area (Å²) in [6.45, 7) is 3.20. The third-order valence-corrected chi connectivity index (χ3v) is 4.49. The maximum atomic E-state index is 12.3. The van der Waals surface area contributed by atoms with E-state index in [1.54, 1.807) is 29.1 Å². The molecule has 0 aromatic carbocycles. The maximum absolute atomic E-state index is 12.3. The van der Waals surface area contributed by atoms with Crippen molar-refractivity contribution in [1.82, 2.24) is 19.6 Å². The van der Waals surface area contributed by atoms with Gasteiger partial charge in [-0.25, -0.2) is 4.98 Å². The third-order valence-electron chi connectivity index (χ3n) is 4.49. The van der Waals surface area contributed by atoms with E-state index in [9.17, 15) is 4.79 Å². The molecule has 2 unspecified atom stereocenters. The molecule has 6 heteroatoms. The van der Waals surface area contributed by atoms with E-state index in [1.165, 1.54) is 6.42 Å². The Morgan fingerprint density at radius 1 is 1.43 bits per heavy atom. The zero-order chi connectivity index (χ0) is 14.4. The second kappa shape index (κ2) is 4.57. The fourth-order valence-corrected chi connectivity index (χ4v) is 3.38. The zero-order valence-corrected chi connectivity index (χ0v) is 11.5. The fraction of sp³-hybridized carbons (Fsp3) is 0.400. The molecule has 6 nitrogen and oxygen atoms in total. The highest BCUT2D eigenvalue weighted by molar-refractivity contribution is 5.92. The van der Waals surface area contributed by atoms with Crippen LogP contribution in [0.2, 0.25) is 0 Å². The molecule has 106 valence electrons. The summed E-state index contributed by atoms with van der Waals surface area (Å²) >= 11 is 0. The van der Waals surface area contributed by atoms with Gasteiger partial charge in [0.25, 0.3) is 5.91 Å². The highest BCUT2D eigenvalue weighted by Crippen LogP contribution is 2.27. The van der Waals surface area contributed by atoms with Gasteiger partial charge in [0, 0.05) is 31.5 Å². The van der Waals surface area contributed by atoms with Gasteiger partial charge in [-0.1, -0.05) is 0 Å². The first-order valence-electron chi connectivity index (χ1n) is 7.14. The Kier molecular flexibility index (Phi) is 2.69. The number of amides is 1. The molecule has 2 fully saturated rings. The predicted octanol–water partition coefficient (Wildman–Crippen LogP) is 0.640. The molecule has 2 aromatic rings. The summed E-state index contributed by atoms with van der Waals surface area (Å²) in [6, 6.07) is 4.07. The van der Waals surface area contributed by atoms with E-state index in [4.69, 9.17) is 5.26 Å². The lowest BCUT2D eigenvalue weighted by Crippen LogP contribution is -2.43. The van der Waals surface area contributed by atoms with Crippen molar-refractivity contribution in [2.24, 2.45) is 5.92 Å². The number of carbonyl (C=O) groups is 1. The van der Waals surface area contributed by atoms with E-state index in [0.717, 1.165) is 25.2 Å². The number of carbonyl (C=O) groups excluding carboxylic acids is 1. The van der Waals surface area contributed by atoms with Crippen molar-refractivity contribution in [3.8, 4) is 6.07 Å². The van der Waals surface area contributed by atoms with Crippen LogP contribution in [-0.4, -0.2) is 45.9 Å². The van der Waals surface area contributed by atoms with Gasteiger partial charge in [-0.3, -0.25) is 4.79 Å². The van der Waals surface area contributed by atoms with Crippen LogP contribution in [0.5, 0.6) is 0 Å². The van der Waals surface area contributed by atoms with Gasteiger partial charge in [-0.2, -0.15) is 5.26 Å². The Morgan fingerprint density at radius 2 is 2.33 bits per heavy atom. The van der Waals surface area contributed by atoms with Gasteiger partial charge in [0.15, 0.2) is 0 Å². The first kappa shape index (κ1) is 12.4. The van der Waals surface area contributed by atoms with Crippen LogP contribution in [-0.2, 0) is 0 Å². The number of rotatable bonds is 2. The van der Waals surface area contributed by atoms with E-state index in [-0.39, 0.29) is 11.9 Å². The van der Waals surface area contributed by atoms with Crippen molar-refractivity contribution in [3.05, 3.63) is 35.9 Å². The smallest absolute Gasteiger partial charge is 0.271 e. The average Bonchev–Trinajstić information content (AvgIpc) is 3.20. The molecule has 0 saturated carbocycles. The second-order valence-corrected chi connectivity index (χ2v) is 5.83. The van der Waals surface area contributed by atoms with Crippen LogP contribution < -0.4 is 5.32 Å². The SMILES string of the molecule is N#Cc1cc2cnc(C(=O)NC3CN4CC[C@H]3C4)cn2c1. The Bertz CT molecular complexity index is 759. The fourth-order valence-electron chi connectivity index (χ4n) is 3.38. The van der Waals surface area contributed by atoms with E-state index in [1.807, 2.05) is 0 Å². The van der Waals surface area contributed by atoms with Gasteiger partial charge >= 0.3 is 0 Å². The molecule has 0 radical (unpaired) electrons. The van der Waals surface area contributed by atoms with Gasteiger partial charge in [0.1, 0.15) is 11.8 Å². The molecule has 2 aliphatic heterocycles. The molecule has 0 aliphatic carbocycles. The number of aromatic nitrogens is 2. The van der Waals surface area contributed by atoms with Crippen molar-refractivity contribution in [2.75, 3.05) is 19.6 Å². The average molecular weight is 281 g/mol. The van der Waals surface area contributed by atoms with E-state index in [0.29, 0.717) is 17.2 Å². The summed E-state index contributed by atoms with van der Waals surface area (Å²) in [5.74, 6) is 0.442. The number of nitriles is 1. The number of nitrogens with zero attached hydrogens (tertiary/aromatic N) is 4. The van der Waals surface area contributed by atoms with E-state index in [2.05, 4.69) is 21.3 Å². The summed E-state index contributed by atoms with van der Waals surface area (Å²) in [7, 11) is 0. The Balaban J connectivity index is 1.55. The molecule has 2 bridgehead atoms. The minimum absolute atomic E-state index is 0.136. The highest BCUT2D eigenvalue weighted by atomic mass is 16.2. The summed E-state index contributed by atoms with van der Waals surface area (Å²) in [5, 5.41) is 12.0. The highest BCUT2D eigenvalue weighted by Gasteiger charge is 2.38. The second-order valence-electron chi connectivity index (χ2n) is 5.83. The number of fused-ring (bicyclic) bond motifs is 3. The Morgan fingerprint density at radius 3 is 3.05 bits per heavy atom. The molecule has 2 aromatic heterocycles. The van der Waals surface area contributed by atoms with Crippen LogP contribution in [0.1, 0.15) is 22.5 Å². The zero-order valence-electron chi connectivity index (χ0n) is 11.5. The molecule has 4 rings (SSSR count). The number of nitrogens with one attached hydrogen (secondary N) is 1. The molecule has 1 amide bonds. The molecular formula is C15H15N5O. The quantitative estimate of drug-likeness (QED) is 0.876. The molecule has 2 aliphatic rings. The van der Waals surface area contributed by atoms with Crippen molar-refractivity contribution < 1.29 is 4.79 Å². The van der Waals surface area contributed by atoms with Crippen molar-refractivity contribution in [3.63, 3.8) is 0 Å². The summed E-state index contributed by atoms with van der Waals surface area (Å²) in [6.07, 6.45) is 6.18. The normalized spacial score (nSPS) is 26.9. The largest absolute Gasteiger partial charge is 0.346 e. The maximum Gasteiger partial charge on any atom is 0.271 e. The first-order valence-corrected chi connectivity index (χ1v) is 7.14. The molecular weight excluding hydrogens is 266 g/mol. The molecule has 0 spiro atoms. The molecule has 1 N–H and O–H groups in total. The minimum atomic E-state index is -0.136. The Labute approximate surface area is 122 Å². The summed E-state index contributed by atoms with van der Waals surface area (Å²) in [4.78, 5) is 18.9. The summed E-state index contributed by atoms with van der Waals surface area (Å²) in [5.41, 5.74) is 1.77. The van der Waals surface area contributed by atoms with Gasteiger partial charge in [0.2, 0.25) is 0 Å². The van der Waals surface area contributed by atoms with Crippen molar-refractivity contribution >= 4 is 11.4 Å². The van der Waals surface area contributed by atoms with Crippen LogP contribution in [0.3, 0.4) is 0 Å². The van der Waals surface area contributed by atoms with Crippen LogP contribution >= 0.6 is 0 Å². The van der Waals surface area contributed by atoms with E-state index >= 15 is 0 Å². The molecule has 21 heavy (non-hydrogen) atoms. The molecule has 2 saturated heterocycles. The topological polar surface area (TPSA) is 73.4 Å². The first-order chi connectivity index (χ1) is 10.2. The van der Waals surface area contributed by atoms with E-state index < -0.39 is 0 Å².